The minimum Gasteiger partial charge on any atom is -0.303 e. The SMILES string of the molecule is CCC1(c2cc(NS(=O)(=O)C3CC3)ccc2F)C2CN(CCCN3CCC(F)(F)CC3)CC21. The number of alkyl halides is 2. The summed E-state index contributed by atoms with van der Waals surface area (Å²) in [6, 6.07) is 4.63. The second kappa shape index (κ2) is 8.41. The number of nitrogens with one attached hydrogen (secondary N) is 1. The van der Waals surface area contributed by atoms with E-state index in [-0.39, 0.29) is 29.3 Å². The number of rotatable bonds is 9. The van der Waals surface area contributed by atoms with Gasteiger partial charge in [-0.15, -0.1) is 0 Å². The van der Waals surface area contributed by atoms with Crippen LogP contribution >= 0.6 is 0 Å². The fraction of sp³-hybridized carbons (Fsp3) is 0.750. The number of nitrogens with zero attached hydrogens (tertiary/aromatic N) is 2. The number of halogens is 3. The summed E-state index contributed by atoms with van der Waals surface area (Å²) in [6.45, 7) is 6.63. The Hall–Kier alpha value is -1.32. The molecule has 2 saturated heterocycles. The average molecular weight is 486 g/mol. The number of benzene rings is 1. The molecule has 0 bridgehead atoms. The molecule has 2 unspecified atom stereocenters. The van der Waals surface area contributed by atoms with Crippen LogP contribution < -0.4 is 4.72 Å². The first-order valence-corrected chi connectivity index (χ1v) is 13.8. The van der Waals surface area contributed by atoms with E-state index in [1.807, 2.05) is 0 Å². The zero-order valence-electron chi connectivity index (χ0n) is 19.2. The summed E-state index contributed by atoms with van der Waals surface area (Å²) < 4.78 is 68.9. The number of hydrogen-bond acceptors (Lipinski definition) is 4. The molecule has 2 heterocycles. The van der Waals surface area contributed by atoms with Gasteiger partial charge in [0.1, 0.15) is 5.82 Å². The van der Waals surface area contributed by atoms with Gasteiger partial charge in [-0.1, -0.05) is 6.92 Å². The lowest BCUT2D eigenvalue weighted by atomic mass is 9.86. The highest BCUT2D eigenvalue weighted by Crippen LogP contribution is 2.66. The molecule has 4 aliphatic rings. The number of piperidine rings is 2. The number of sulfonamides is 1. The molecular weight excluding hydrogens is 451 g/mol. The third-order valence-electron chi connectivity index (χ3n) is 8.42. The van der Waals surface area contributed by atoms with Crippen molar-refractivity contribution in [3.05, 3.63) is 29.6 Å². The van der Waals surface area contributed by atoms with Crippen molar-refractivity contribution in [2.75, 3.05) is 44.0 Å². The summed E-state index contributed by atoms with van der Waals surface area (Å²) in [7, 11) is -3.38. The van der Waals surface area contributed by atoms with E-state index in [4.69, 9.17) is 0 Å². The number of likely N-dealkylation sites (tertiary alicyclic amines) is 2. The zero-order chi connectivity index (χ0) is 23.4. The lowest BCUT2D eigenvalue weighted by Gasteiger charge is -2.32. The van der Waals surface area contributed by atoms with E-state index in [9.17, 15) is 21.6 Å². The summed E-state index contributed by atoms with van der Waals surface area (Å²) in [5.74, 6) is -2.00. The van der Waals surface area contributed by atoms with E-state index >= 15 is 0 Å². The second-order valence-electron chi connectivity index (χ2n) is 10.5. The molecule has 9 heteroatoms. The Morgan fingerprint density at radius 3 is 2.30 bits per heavy atom. The van der Waals surface area contributed by atoms with Gasteiger partial charge < -0.3 is 9.80 Å². The minimum absolute atomic E-state index is 0.0404. The van der Waals surface area contributed by atoms with Gasteiger partial charge in [0.15, 0.2) is 0 Å². The van der Waals surface area contributed by atoms with Crippen molar-refractivity contribution >= 4 is 15.7 Å². The fourth-order valence-electron chi connectivity index (χ4n) is 6.31. The highest BCUT2D eigenvalue weighted by molar-refractivity contribution is 7.93. The molecule has 1 aromatic rings. The molecule has 1 N–H and O–H groups in total. The number of fused-ring (bicyclic) bond motifs is 1. The lowest BCUT2D eigenvalue weighted by Crippen LogP contribution is -2.40. The normalized spacial score (nSPS) is 32.0. The van der Waals surface area contributed by atoms with Crippen LogP contribution in [0.4, 0.5) is 18.9 Å². The predicted octanol–water partition coefficient (Wildman–Crippen LogP) is 4.06. The molecule has 2 atom stereocenters. The Balaban J connectivity index is 1.17. The van der Waals surface area contributed by atoms with Crippen molar-refractivity contribution < 1.29 is 21.6 Å². The maximum Gasteiger partial charge on any atom is 0.250 e. The lowest BCUT2D eigenvalue weighted by molar-refractivity contribution is -0.0553. The monoisotopic (exact) mass is 485 g/mol. The summed E-state index contributed by atoms with van der Waals surface area (Å²) >= 11 is 0. The van der Waals surface area contributed by atoms with Gasteiger partial charge in [-0.2, -0.15) is 0 Å². The van der Waals surface area contributed by atoms with Gasteiger partial charge in [-0.25, -0.2) is 21.6 Å². The Labute approximate surface area is 194 Å². The standard InChI is InChI=1S/C24H34F3N3O2S/c1-2-24(19-14-17(4-7-22(19)25)28-33(31,32)18-5-6-18)20-15-30(16-21(20)24)11-3-10-29-12-8-23(26,27)9-13-29/h4,7,14,18,20-21,28H,2-3,5-6,8-13,15-16H2,1H3. The van der Waals surface area contributed by atoms with Gasteiger partial charge in [0.25, 0.3) is 5.92 Å². The smallest absolute Gasteiger partial charge is 0.250 e. The fourth-order valence-corrected chi connectivity index (χ4v) is 7.68. The second-order valence-corrected chi connectivity index (χ2v) is 12.4. The van der Waals surface area contributed by atoms with Gasteiger partial charge in [0.05, 0.1) is 5.25 Å². The molecule has 0 radical (unpaired) electrons. The Morgan fingerprint density at radius 2 is 1.70 bits per heavy atom. The van der Waals surface area contributed by atoms with Crippen molar-refractivity contribution in [1.82, 2.24) is 9.80 Å². The van der Waals surface area contributed by atoms with Crippen LogP contribution in [0.1, 0.15) is 51.0 Å². The zero-order valence-corrected chi connectivity index (χ0v) is 20.0. The molecule has 0 aromatic heterocycles. The van der Waals surface area contributed by atoms with Crippen molar-refractivity contribution in [1.29, 1.82) is 0 Å². The van der Waals surface area contributed by atoms with Crippen molar-refractivity contribution in [3.8, 4) is 0 Å². The Kier molecular flexibility index (Phi) is 5.97. The van der Waals surface area contributed by atoms with Crippen LogP contribution in [0.2, 0.25) is 0 Å². The average Bonchev–Trinajstić information content (AvgIpc) is 3.67. The van der Waals surface area contributed by atoms with E-state index in [2.05, 4.69) is 21.4 Å². The van der Waals surface area contributed by atoms with Crippen LogP contribution in [0, 0.1) is 17.7 Å². The maximum absolute atomic E-state index is 14.9. The quantitative estimate of drug-likeness (QED) is 0.573. The first kappa shape index (κ1) is 23.4. The molecule has 184 valence electrons. The highest BCUT2D eigenvalue weighted by atomic mass is 32.2. The van der Waals surface area contributed by atoms with Gasteiger partial charge in [-0.3, -0.25) is 4.72 Å². The molecule has 2 saturated carbocycles. The predicted molar refractivity (Wildman–Crippen MR) is 123 cm³/mol. The van der Waals surface area contributed by atoms with Crippen LogP contribution in [0.15, 0.2) is 18.2 Å². The summed E-state index contributed by atoms with van der Waals surface area (Å²) in [6.07, 6.45) is 3.08. The maximum atomic E-state index is 14.9. The summed E-state index contributed by atoms with van der Waals surface area (Å²) in [4.78, 5) is 4.55. The van der Waals surface area contributed by atoms with Crippen LogP contribution in [0.3, 0.4) is 0 Å². The molecule has 4 fully saturated rings. The van der Waals surface area contributed by atoms with Crippen LogP contribution in [-0.4, -0.2) is 68.7 Å². The third kappa shape index (κ3) is 4.52. The van der Waals surface area contributed by atoms with Crippen LogP contribution in [0.5, 0.6) is 0 Å². The Morgan fingerprint density at radius 1 is 1.06 bits per heavy atom. The first-order valence-electron chi connectivity index (χ1n) is 12.3. The summed E-state index contributed by atoms with van der Waals surface area (Å²) in [5.41, 5.74) is 0.880. The van der Waals surface area contributed by atoms with Crippen LogP contribution in [-0.2, 0) is 15.4 Å². The molecule has 2 aliphatic carbocycles. The molecule has 5 nitrogen and oxygen atoms in total. The molecule has 2 aliphatic heterocycles. The van der Waals surface area contributed by atoms with Crippen LogP contribution in [0.25, 0.3) is 0 Å². The van der Waals surface area contributed by atoms with E-state index in [0.29, 0.717) is 49.0 Å². The largest absolute Gasteiger partial charge is 0.303 e. The molecule has 0 spiro atoms. The van der Waals surface area contributed by atoms with E-state index in [1.165, 1.54) is 12.1 Å². The number of hydrogen-bond donors (Lipinski definition) is 1. The van der Waals surface area contributed by atoms with Gasteiger partial charge in [0, 0.05) is 50.1 Å². The van der Waals surface area contributed by atoms with E-state index < -0.39 is 15.9 Å². The highest BCUT2D eigenvalue weighted by Gasteiger charge is 2.68. The topological polar surface area (TPSA) is 52.7 Å². The minimum atomic E-state index is -3.38. The first-order chi connectivity index (χ1) is 15.6. The number of anilines is 1. The van der Waals surface area contributed by atoms with E-state index in [1.54, 1.807) is 6.07 Å². The van der Waals surface area contributed by atoms with Gasteiger partial charge in [-0.05, 0) is 74.4 Å². The van der Waals surface area contributed by atoms with Crippen molar-refractivity contribution in [2.45, 2.75) is 62.0 Å². The molecule has 1 aromatic carbocycles. The molecule has 5 rings (SSSR count). The molecule has 33 heavy (non-hydrogen) atoms. The van der Waals surface area contributed by atoms with Gasteiger partial charge in [0.2, 0.25) is 10.0 Å². The van der Waals surface area contributed by atoms with E-state index in [0.717, 1.165) is 39.0 Å². The molecular formula is C24H34F3N3O2S. The van der Waals surface area contributed by atoms with Crippen molar-refractivity contribution in [3.63, 3.8) is 0 Å². The molecule has 0 amide bonds. The third-order valence-corrected chi connectivity index (χ3v) is 10.3. The summed E-state index contributed by atoms with van der Waals surface area (Å²) in [5, 5.41) is -0.318. The van der Waals surface area contributed by atoms with Gasteiger partial charge >= 0.3 is 0 Å². The Bertz CT molecular complexity index is 977. The van der Waals surface area contributed by atoms with Crippen molar-refractivity contribution in [2.24, 2.45) is 11.8 Å².